The number of hydrogen-bond acceptors (Lipinski definition) is 2. The average molecular weight is 440 g/mol. The maximum Gasteiger partial charge on any atom is 0.261 e. The molecule has 0 heterocycles. The third-order valence-corrected chi connectivity index (χ3v) is 5.55. The molecular weight excluding hydrogens is 429 g/mol. The number of hydrogen-bond donors (Lipinski definition) is 1. The van der Waals surface area contributed by atoms with Crippen LogP contribution >= 0.6 is 43.5 Å². The van der Waals surface area contributed by atoms with E-state index in [0.717, 1.165) is 10.0 Å². The Morgan fingerprint density at radius 3 is 2.40 bits per heavy atom. The molecule has 1 N–H and O–H groups in total. The first-order valence-electron chi connectivity index (χ1n) is 5.53. The van der Waals surface area contributed by atoms with Crippen LogP contribution in [0.2, 0.25) is 5.02 Å². The molecule has 0 fully saturated rings. The Bertz CT molecular complexity index is 743. The Morgan fingerprint density at radius 2 is 1.80 bits per heavy atom. The number of rotatable bonds is 3. The van der Waals surface area contributed by atoms with Gasteiger partial charge in [-0.2, -0.15) is 0 Å². The molecule has 0 aliphatic carbocycles. The summed E-state index contributed by atoms with van der Waals surface area (Å²) in [5.74, 6) is 0. The number of sulfonamides is 1. The van der Waals surface area contributed by atoms with Crippen molar-refractivity contribution in [3.63, 3.8) is 0 Å². The predicted molar refractivity (Wildman–Crippen MR) is 88.8 cm³/mol. The van der Waals surface area contributed by atoms with Crippen molar-refractivity contribution in [3.8, 4) is 0 Å². The lowest BCUT2D eigenvalue weighted by Gasteiger charge is -2.10. The van der Waals surface area contributed by atoms with E-state index < -0.39 is 10.0 Å². The summed E-state index contributed by atoms with van der Waals surface area (Å²) in [5.41, 5.74) is 1.46. The van der Waals surface area contributed by atoms with Crippen LogP contribution in [0.15, 0.2) is 50.2 Å². The van der Waals surface area contributed by atoms with Crippen LogP contribution in [-0.4, -0.2) is 8.42 Å². The smallest absolute Gasteiger partial charge is 0.261 e. The van der Waals surface area contributed by atoms with Gasteiger partial charge >= 0.3 is 0 Å². The van der Waals surface area contributed by atoms with Crippen molar-refractivity contribution in [2.75, 3.05) is 4.72 Å². The molecule has 0 saturated heterocycles. The van der Waals surface area contributed by atoms with Gasteiger partial charge in [0.05, 0.1) is 15.6 Å². The van der Waals surface area contributed by atoms with Gasteiger partial charge in [0.25, 0.3) is 10.0 Å². The standard InChI is InChI=1S/C13H10Br2ClNO2S/c1-8-4-9(14)6-10(5-8)17-20(18,19)11-2-3-13(16)12(15)7-11/h2-7,17H,1H3. The van der Waals surface area contributed by atoms with Crippen molar-refractivity contribution in [3.05, 3.63) is 55.9 Å². The van der Waals surface area contributed by atoms with E-state index in [9.17, 15) is 8.42 Å². The fourth-order valence-electron chi connectivity index (χ4n) is 1.65. The number of nitrogens with one attached hydrogen (secondary N) is 1. The molecule has 2 aromatic carbocycles. The second kappa shape index (κ2) is 6.05. The second-order valence-electron chi connectivity index (χ2n) is 4.20. The summed E-state index contributed by atoms with van der Waals surface area (Å²) in [7, 11) is -3.65. The van der Waals surface area contributed by atoms with Crippen molar-refractivity contribution in [1.82, 2.24) is 0 Å². The van der Waals surface area contributed by atoms with Gasteiger partial charge in [-0.25, -0.2) is 8.42 Å². The van der Waals surface area contributed by atoms with Crippen molar-refractivity contribution in [2.45, 2.75) is 11.8 Å². The molecule has 0 aromatic heterocycles. The van der Waals surface area contributed by atoms with Crippen molar-refractivity contribution in [1.29, 1.82) is 0 Å². The van der Waals surface area contributed by atoms with Gasteiger partial charge in [0.2, 0.25) is 0 Å². The van der Waals surface area contributed by atoms with Gasteiger partial charge in [0, 0.05) is 8.95 Å². The number of benzene rings is 2. The molecule has 106 valence electrons. The molecule has 2 aromatic rings. The summed E-state index contributed by atoms with van der Waals surface area (Å²) >= 11 is 12.4. The first-order valence-corrected chi connectivity index (χ1v) is 8.98. The van der Waals surface area contributed by atoms with Gasteiger partial charge in [-0.05, 0) is 64.8 Å². The van der Waals surface area contributed by atoms with E-state index in [1.165, 1.54) is 18.2 Å². The molecule has 2 rings (SSSR count). The van der Waals surface area contributed by atoms with Crippen LogP contribution in [0.3, 0.4) is 0 Å². The highest BCUT2D eigenvalue weighted by Gasteiger charge is 2.15. The lowest BCUT2D eigenvalue weighted by Crippen LogP contribution is -2.13. The molecule has 0 spiro atoms. The molecule has 0 bridgehead atoms. The summed E-state index contributed by atoms with van der Waals surface area (Å²) in [6.45, 7) is 1.89. The van der Waals surface area contributed by atoms with Crippen molar-refractivity contribution in [2.24, 2.45) is 0 Å². The minimum absolute atomic E-state index is 0.145. The Kier molecular flexibility index (Phi) is 4.79. The Balaban J connectivity index is 2.37. The van der Waals surface area contributed by atoms with Gasteiger partial charge in [-0.3, -0.25) is 4.72 Å². The molecule has 0 aliphatic heterocycles. The highest BCUT2D eigenvalue weighted by Crippen LogP contribution is 2.27. The minimum Gasteiger partial charge on any atom is -0.280 e. The molecule has 7 heteroatoms. The molecule has 0 atom stereocenters. The zero-order chi connectivity index (χ0) is 14.9. The maximum absolute atomic E-state index is 12.3. The molecule has 20 heavy (non-hydrogen) atoms. The third kappa shape index (κ3) is 3.75. The van der Waals surface area contributed by atoms with E-state index in [-0.39, 0.29) is 4.90 Å². The lowest BCUT2D eigenvalue weighted by atomic mass is 10.2. The topological polar surface area (TPSA) is 46.2 Å². The third-order valence-electron chi connectivity index (χ3n) is 2.50. The maximum atomic E-state index is 12.3. The Morgan fingerprint density at radius 1 is 1.10 bits per heavy atom. The summed E-state index contributed by atoms with van der Waals surface area (Å²) in [6.07, 6.45) is 0. The van der Waals surface area contributed by atoms with Crippen LogP contribution in [0.25, 0.3) is 0 Å². The SMILES string of the molecule is Cc1cc(Br)cc(NS(=O)(=O)c2ccc(Cl)c(Br)c2)c1. The lowest BCUT2D eigenvalue weighted by molar-refractivity contribution is 0.601. The molecule has 0 unspecified atom stereocenters. The van der Waals surface area contributed by atoms with Crippen LogP contribution in [-0.2, 0) is 10.0 Å². The Labute approximate surface area is 139 Å². The van der Waals surface area contributed by atoms with Gasteiger partial charge in [-0.15, -0.1) is 0 Å². The highest BCUT2D eigenvalue weighted by atomic mass is 79.9. The number of anilines is 1. The summed E-state index contributed by atoms with van der Waals surface area (Å²) in [5, 5.41) is 0.460. The van der Waals surface area contributed by atoms with Gasteiger partial charge in [-0.1, -0.05) is 27.5 Å². The molecule has 0 radical (unpaired) electrons. The van der Waals surface area contributed by atoms with E-state index >= 15 is 0 Å². The fourth-order valence-corrected chi connectivity index (χ4v) is 3.98. The largest absolute Gasteiger partial charge is 0.280 e. The normalized spacial score (nSPS) is 11.4. The zero-order valence-corrected chi connectivity index (χ0v) is 15.1. The monoisotopic (exact) mass is 437 g/mol. The van der Waals surface area contributed by atoms with Crippen LogP contribution in [0.4, 0.5) is 5.69 Å². The van der Waals surface area contributed by atoms with Crippen LogP contribution in [0, 0.1) is 6.92 Å². The van der Waals surface area contributed by atoms with Crippen molar-refractivity contribution >= 4 is 59.2 Å². The van der Waals surface area contributed by atoms with Gasteiger partial charge < -0.3 is 0 Å². The predicted octanol–water partition coefficient (Wildman–Crippen LogP) is 4.97. The fraction of sp³-hybridized carbons (Fsp3) is 0.0769. The first kappa shape index (κ1) is 15.8. The van der Waals surface area contributed by atoms with Gasteiger partial charge in [0.15, 0.2) is 0 Å². The van der Waals surface area contributed by atoms with Crippen molar-refractivity contribution < 1.29 is 8.42 Å². The van der Waals surface area contributed by atoms with Crippen LogP contribution in [0.5, 0.6) is 0 Å². The van der Waals surface area contributed by atoms with E-state index in [4.69, 9.17) is 11.6 Å². The van der Waals surface area contributed by atoms with Gasteiger partial charge in [0.1, 0.15) is 0 Å². The molecular formula is C13H10Br2ClNO2S. The minimum atomic E-state index is -3.65. The van der Waals surface area contributed by atoms with Crippen LogP contribution < -0.4 is 4.72 Å². The molecule has 0 amide bonds. The van der Waals surface area contributed by atoms with E-state index in [1.54, 1.807) is 12.1 Å². The van der Waals surface area contributed by atoms with E-state index in [0.29, 0.717) is 15.2 Å². The summed E-state index contributed by atoms with van der Waals surface area (Å²) in [4.78, 5) is 0.145. The number of aryl methyl sites for hydroxylation is 1. The second-order valence-corrected chi connectivity index (χ2v) is 8.06. The van der Waals surface area contributed by atoms with E-state index in [1.807, 2.05) is 13.0 Å². The zero-order valence-electron chi connectivity index (χ0n) is 10.3. The molecule has 3 nitrogen and oxygen atoms in total. The summed E-state index contributed by atoms with van der Waals surface area (Å²) < 4.78 is 28.5. The summed E-state index contributed by atoms with van der Waals surface area (Å²) in [6, 6.07) is 9.82. The molecule has 0 aliphatic rings. The Hall–Kier alpha value is -0.560. The average Bonchev–Trinajstić information content (AvgIpc) is 2.30. The quantitative estimate of drug-likeness (QED) is 0.734. The highest BCUT2D eigenvalue weighted by molar-refractivity contribution is 9.10. The van der Waals surface area contributed by atoms with E-state index in [2.05, 4.69) is 36.6 Å². The number of halogens is 3. The molecule has 0 saturated carbocycles. The van der Waals surface area contributed by atoms with Crippen LogP contribution in [0.1, 0.15) is 5.56 Å². The first-order chi connectivity index (χ1) is 9.28.